The van der Waals surface area contributed by atoms with E-state index in [1.165, 1.54) is 6.21 Å². The molecular weight excluding hydrogens is 613 g/mol. The van der Waals surface area contributed by atoms with Crippen molar-refractivity contribution in [1.29, 1.82) is 0 Å². The minimum absolute atomic E-state index is 0.153. The molecule has 2 amide bonds. The topological polar surface area (TPSA) is 92.9 Å². The van der Waals surface area contributed by atoms with Gasteiger partial charge in [-0.05, 0) is 72.0 Å². The van der Waals surface area contributed by atoms with Crippen molar-refractivity contribution >= 4 is 73.2 Å². The number of ether oxygens (including phenoxy) is 1. The van der Waals surface area contributed by atoms with Gasteiger partial charge in [0.2, 0.25) is 0 Å². The van der Waals surface area contributed by atoms with E-state index in [9.17, 15) is 9.59 Å². The van der Waals surface area contributed by atoms with Crippen LogP contribution in [0.1, 0.15) is 21.7 Å². The van der Waals surface area contributed by atoms with Crippen LogP contribution in [0.3, 0.4) is 0 Å². The summed E-state index contributed by atoms with van der Waals surface area (Å²) >= 11 is 5.59. The van der Waals surface area contributed by atoms with Gasteiger partial charge in [-0.25, -0.2) is 5.43 Å². The van der Waals surface area contributed by atoms with Gasteiger partial charge in [0.1, 0.15) is 11.3 Å². The van der Waals surface area contributed by atoms with Crippen molar-refractivity contribution in [3.05, 3.63) is 91.7 Å². The second-order valence-corrected chi connectivity index (χ2v) is 9.43. The molecule has 0 spiro atoms. The number of carbonyl (C=O) groups excluding carboxylic acids is 2. The summed E-state index contributed by atoms with van der Waals surface area (Å²) in [6.07, 6.45) is 1.45. The van der Waals surface area contributed by atoms with E-state index in [1.807, 2.05) is 43.3 Å². The maximum absolute atomic E-state index is 12.5. The number of hydrazone groups is 1. The van der Waals surface area contributed by atoms with Crippen LogP contribution in [0.25, 0.3) is 11.0 Å². The van der Waals surface area contributed by atoms with E-state index in [0.717, 1.165) is 19.0 Å². The van der Waals surface area contributed by atoms with E-state index >= 15 is 0 Å². The van der Waals surface area contributed by atoms with Gasteiger partial charge in [0.05, 0.1) is 9.78 Å². The standard InChI is InChI=1S/C25H19BrIN3O4/c1-15-6-8-19(9-7-15)29-23(31)14-33-21-5-3-2-4-16(21)13-28-30-25(32)22-11-17-10-18(26)12-20(27)24(17)34-22/h2-13H,14H2,1H3,(H,29,31)(H,30,32)/b28-13-. The molecule has 0 radical (unpaired) electrons. The predicted molar refractivity (Wildman–Crippen MR) is 143 cm³/mol. The van der Waals surface area contributed by atoms with E-state index in [4.69, 9.17) is 9.15 Å². The van der Waals surface area contributed by atoms with E-state index in [2.05, 4.69) is 54.4 Å². The quantitative estimate of drug-likeness (QED) is 0.151. The maximum atomic E-state index is 12.5. The summed E-state index contributed by atoms with van der Waals surface area (Å²) in [5.74, 6) is -0.145. The lowest BCUT2D eigenvalue weighted by atomic mass is 10.2. The van der Waals surface area contributed by atoms with Crippen LogP contribution in [0.5, 0.6) is 5.75 Å². The fraction of sp³-hybridized carbons (Fsp3) is 0.0800. The van der Waals surface area contributed by atoms with Gasteiger partial charge in [-0.1, -0.05) is 45.8 Å². The number of furan rings is 1. The Bertz CT molecular complexity index is 1380. The van der Waals surface area contributed by atoms with Crippen LogP contribution in [0.2, 0.25) is 0 Å². The highest BCUT2D eigenvalue weighted by Gasteiger charge is 2.14. The number of rotatable bonds is 7. The molecule has 7 nitrogen and oxygen atoms in total. The second kappa shape index (κ2) is 10.8. The van der Waals surface area contributed by atoms with Crippen LogP contribution in [0, 0.1) is 10.5 Å². The van der Waals surface area contributed by atoms with E-state index < -0.39 is 5.91 Å². The van der Waals surface area contributed by atoms with Crippen molar-refractivity contribution in [2.24, 2.45) is 5.10 Å². The molecule has 34 heavy (non-hydrogen) atoms. The van der Waals surface area contributed by atoms with Gasteiger partial charge < -0.3 is 14.5 Å². The number of amides is 2. The lowest BCUT2D eigenvalue weighted by Gasteiger charge is -2.09. The van der Waals surface area contributed by atoms with E-state index in [1.54, 1.807) is 30.3 Å². The molecule has 0 saturated carbocycles. The molecule has 0 bridgehead atoms. The number of hydrogen-bond acceptors (Lipinski definition) is 5. The molecule has 4 aromatic rings. The van der Waals surface area contributed by atoms with Crippen molar-refractivity contribution in [2.75, 3.05) is 11.9 Å². The zero-order valence-electron chi connectivity index (χ0n) is 18.0. The molecule has 172 valence electrons. The maximum Gasteiger partial charge on any atom is 0.307 e. The van der Waals surface area contributed by atoms with Crippen LogP contribution in [-0.4, -0.2) is 24.6 Å². The van der Waals surface area contributed by atoms with Gasteiger partial charge in [-0.3, -0.25) is 9.59 Å². The summed E-state index contributed by atoms with van der Waals surface area (Å²) in [7, 11) is 0. The largest absolute Gasteiger partial charge is 0.483 e. The van der Waals surface area contributed by atoms with Gasteiger partial charge in [-0.2, -0.15) is 5.10 Å². The lowest BCUT2D eigenvalue weighted by Crippen LogP contribution is -2.20. The van der Waals surface area contributed by atoms with Crippen molar-refractivity contribution in [2.45, 2.75) is 6.92 Å². The number of nitrogens with zero attached hydrogens (tertiary/aromatic N) is 1. The first-order chi connectivity index (χ1) is 16.4. The molecule has 2 N–H and O–H groups in total. The number of benzene rings is 3. The molecule has 0 aliphatic carbocycles. The van der Waals surface area contributed by atoms with Gasteiger partial charge in [0.15, 0.2) is 12.4 Å². The molecule has 1 heterocycles. The number of halogens is 2. The number of fused-ring (bicyclic) bond motifs is 1. The molecule has 1 aromatic heterocycles. The third-order valence-corrected chi connectivity index (χ3v) is 6.00. The Labute approximate surface area is 217 Å². The second-order valence-electron chi connectivity index (χ2n) is 7.36. The third kappa shape index (κ3) is 6.03. The van der Waals surface area contributed by atoms with E-state index in [-0.39, 0.29) is 18.3 Å². The Kier molecular flexibility index (Phi) is 7.63. The zero-order valence-corrected chi connectivity index (χ0v) is 21.7. The summed E-state index contributed by atoms with van der Waals surface area (Å²) in [5, 5.41) is 7.62. The number of para-hydroxylation sites is 1. The van der Waals surface area contributed by atoms with Gasteiger partial charge >= 0.3 is 5.91 Å². The van der Waals surface area contributed by atoms with E-state index in [0.29, 0.717) is 22.6 Å². The highest BCUT2D eigenvalue weighted by molar-refractivity contribution is 14.1. The summed E-state index contributed by atoms with van der Waals surface area (Å²) in [6, 6.07) is 20.0. The molecule has 0 fully saturated rings. The molecule has 0 atom stereocenters. The van der Waals surface area contributed by atoms with Gasteiger partial charge in [0.25, 0.3) is 5.91 Å². The zero-order chi connectivity index (χ0) is 24.1. The molecule has 0 unspecified atom stereocenters. The molecule has 3 aromatic carbocycles. The van der Waals surface area contributed by atoms with Gasteiger partial charge in [-0.15, -0.1) is 0 Å². The number of anilines is 1. The summed E-state index contributed by atoms with van der Waals surface area (Å²) in [6.45, 7) is 1.81. The number of aryl methyl sites for hydroxylation is 1. The SMILES string of the molecule is Cc1ccc(NC(=O)COc2ccccc2/C=N\NC(=O)c2cc3cc(Br)cc(I)c3o2)cc1. The summed E-state index contributed by atoms with van der Waals surface area (Å²) < 4.78 is 13.1. The minimum Gasteiger partial charge on any atom is -0.483 e. The molecule has 0 aliphatic heterocycles. The predicted octanol–water partition coefficient (Wildman–Crippen LogP) is 5.89. The highest BCUT2D eigenvalue weighted by atomic mass is 127. The fourth-order valence-electron chi connectivity index (χ4n) is 3.10. The van der Waals surface area contributed by atoms with Crippen molar-refractivity contribution in [3.8, 4) is 5.75 Å². The van der Waals surface area contributed by atoms with Gasteiger partial charge in [0, 0.05) is 21.1 Å². The molecule has 9 heteroatoms. The number of hydrogen-bond donors (Lipinski definition) is 2. The minimum atomic E-state index is -0.477. The summed E-state index contributed by atoms with van der Waals surface area (Å²) in [5.41, 5.74) is 5.51. The number of carbonyl (C=O) groups is 2. The van der Waals surface area contributed by atoms with Crippen LogP contribution >= 0.6 is 38.5 Å². The van der Waals surface area contributed by atoms with Crippen molar-refractivity contribution < 1.29 is 18.7 Å². The average molecular weight is 632 g/mol. The Hall–Kier alpha value is -3.18. The first-order valence-corrected chi connectivity index (χ1v) is 12.1. The third-order valence-electron chi connectivity index (χ3n) is 4.74. The van der Waals surface area contributed by atoms with Crippen LogP contribution in [0.4, 0.5) is 5.69 Å². The normalized spacial score (nSPS) is 11.0. The molecule has 4 rings (SSSR count). The smallest absolute Gasteiger partial charge is 0.307 e. The fourth-order valence-corrected chi connectivity index (χ4v) is 4.76. The van der Waals surface area contributed by atoms with Crippen LogP contribution < -0.4 is 15.5 Å². The Morgan fingerprint density at radius 3 is 2.68 bits per heavy atom. The first-order valence-electron chi connectivity index (χ1n) is 10.2. The average Bonchev–Trinajstić information content (AvgIpc) is 3.24. The number of nitrogens with one attached hydrogen (secondary N) is 2. The Morgan fingerprint density at radius 1 is 1.12 bits per heavy atom. The van der Waals surface area contributed by atoms with Crippen molar-refractivity contribution in [1.82, 2.24) is 5.43 Å². The van der Waals surface area contributed by atoms with Crippen molar-refractivity contribution in [3.63, 3.8) is 0 Å². The molecule has 0 aliphatic rings. The Balaban J connectivity index is 1.37. The Morgan fingerprint density at radius 2 is 1.88 bits per heavy atom. The monoisotopic (exact) mass is 631 g/mol. The molecule has 0 saturated heterocycles. The highest BCUT2D eigenvalue weighted by Crippen LogP contribution is 2.28. The molecular formula is C25H19BrIN3O4. The van der Waals surface area contributed by atoms with Crippen LogP contribution in [0.15, 0.2) is 80.7 Å². The first kappa shape index (κ1) is 24.0. The lowest BCUT2D eigenvalue weighted by molar-refractivity contribution is -0.118. The van der Waals surface area contributed by atoms with Crippen LogP contribution in [-0.2, 0) is 4.79 Å². The summed E-state index contributed by atoms with van der Waals surface area (Å²) in [4.78, 5) is 24.7.